The molecule has 0 saturated heterocycles. The third-order valence-corrected chi connectivity index (χ3v) is 3.28. The van der Waals surface area contributed by atoms with Gasteiger partial charge in [0.15, 0.2) is 5.01 Å². The van der Waals surface area contributed by atoms with E-state index in [1.165, 1.54) is 23.5 Å². The van der Waals surface area contributed by atoms with Gasteiger partial charge in [-0.15, -0.1) is 10.2 Å². The summed E-state index contributed by atoms with van der Waals surface area (Å²) in [5, 5.41) is 19.1. The molecule has 0 aliphatic heterocycles. The summed E-state index contributed by atoms with van der Waals surface area (Å²) in [6, 6.07) is 4.45. The van der Waals surface area contributed by atoms with E-state index in [0.29, 0.717) is 14.6 Å². The van der Waals surface area contributed by atoms with Crippen LogP contribution in [0.25, 0.3) is 10.6 Å². The topological polar surface area (TPSA) is 94.9 Å². The Morgan fingerprint density at radius 1 is 1.44 bits per heavy atom. The van der Waals surface area contributed by atoms with Gasteiger partial charge in [0.05, 0.1) is 4.92 Å². The number of nitro benzene ring substituents is 1. The number of non-ortho nitro benzene ring substituents is 1. The lowest BCUT2D eigenvalue weighted by molar-refractivity contribution is -0.384. The Kier molecular flexibility index (Phi) is 2.84. The van der Waals surface area contributed by atoms with Gasteiger partial charge in [0.1, 0.15) is 0 Å². The van der Waals surface area contributed by atoms with E-state index >= 15 is 0 Å². The minimum atomic E-state index is -0.455. The lowest BCUT2D eigenvalue weighted by Crippen LogP contribution is -1.88. The maximum atomic E-state index is 10.5. The van der Waals surface area contributed by atoms with Crippen molar-refractivity contribution in [2.24, 2.45) is 0 Å². The fraction of sp³-hybridized carbons (Fsp3) is 0. The third-order valence-electron chi connectivity index (χ3n) is 1.83. The first-order valence-corrected chi connectivity index (χ1v) is 5.72. The molecule has 0 spiro atoms. The summed E-state index contributed by atoms with van der Waals surface area (Å²) >= 11 is 4.48. The molecular formula is C8H5BrN4O2S. The number of anilines is 1. The lowest BCUT2D eigenvalue weighted by Gasteiger charge is -1.99. The molecule has 0 saturated carbocycles. The van der Waals surface area contributed by atoms with Crippen LogP contribution < -0.4 is 5.73 Å². The van der Waals surface area contributed by atoms with Gasteiger partial charge < -0.3 is 5.73 Å². The average Bonchev–Trinajstić information content (AvgIpc) is 2.64. The molecule has 0 atom stereocenters. The van der Waals surface area contributed by atoms with Crippen molar-refractivity contribution in [2.45, 2.75) is 0 Å². The molecule has 2 rings (SSSR count). The van der Waals surface area contributed by atoms with Gasteiger partial charge in [0.25, 0.3) is 5.69 Å². The number of nitrogens with two attached hydrogens (primary N) is 1. The van der Waals surface area contributed by atoms with Crippen molar-refractivity contribution in [3.8, 4) is 10.6 Å². The number of halogens is 1. The fourth-order valence-corrected chi connectivity index (χ4v) is 2.47. The Bertz CT molecular complexity index is 557. The first kappa shape index (κ1) is 11.0. The molecule has 6 nitrogen and oxygen atoms in total. The van der Waals surface area contributed by atoms with Gasteiger partial charge in [0, 0.05) is 22.2 Å². The first-order valence-electron chi connectivity index (χ1n) is 4.11. The molecule has 0 bridgehead atoms. The molecule has 1 heterocycles. The van der Waals surface area contributed by atoms with Crippen molar-refractivity contribution in [1.82, 2.24) is 10.2 Å². The van der Waals surface area contributed by atoms with Crippen molar-refractivity contribution >= 4 is 38.1 Å². The van der Waals surface area contributed by atoms with Gasteiger partial charge in [-0.25, -0.2) is 0 Å². The normalized spacial score (nSPS) is 10.3. The Balaban J connectivity index is 2.47. The molecule has 0 amide bonds. The average molecular weight is 301 g/mol. The van der Waals surface area contributed by atoms with E-state index in [4.69, 9.17) is 5.73 Å². The minimum absolute atomic E-state index is 0.0214. The predicted molar refractivity (Wildman–Crippen MR) is 64.1 cm³/mol. The Morgan fingerprint density at radius 3 is 2.69 bits per heavy atom. The summed E-state index contributed by atoms with van der Waals surface area (Å²) in [5.41, 5.74) is 6.22. The molecule has 2 aromatic rings. The van der Waals surface area contributed by atoms with Crippen LogP contribution in [0, 0.1) is 10.1 Å². The van der Waals surface area contributed by atoms with Crippen molar-refractivity contribution in [2.75, 3.05) is 5.73 Å². The van der Waals surface area contributed by atoms with E-state index in [1.54, 1.807) is 6.07 Å². The zero-order chi connectivity index (χ0) is 11.7. The molecule has 0 unspecified atom stereocenters. The molecule has 1 aromatic heterocycles. The number of hydrogen-bond acceptors (Lipinski definition) is 6. The summed E-state index contributed by atoms with van der Waals surface area (Å²) in [6.45, 7) is 0. The second kappa shape index (κ2) is 4.14. The van der Waals surface area contributed by atoms with Gasteiger partial charge in [-0.1, -0.05) is 11.3 Å². The SMILES string of the molecule is Nc1nnc(-c2ccc([N+](=O)[O-])cc2Br)s1. The fourth-order valence-electron chi connectivity index (χ4n) is 1.13. The Labute approximate surface area is 102 Å². The molecule has 0 aliphatic carbocycles. The van der Waals surface area contributed by atoms with Crippen LogP contribution in [-0.2, 0) is 0 Å². The Hall–Kier alpha value is -1.54. The number of benzene rings is 1. The van der Waals surface area contributed by atoms with E-state index in [-0.39, 0.29) is 5.69 Å². The van der Waals surface area contributed by atoms with E-state index in [0.717, 1.165) is 5.56 Å². The van der Waals surface area contributed by atoms with Crippen molar-refractivity contribution < 1.29 is 4.92 Å². The summed E-state index contributed by atoms with van der Waals surface area (Å²) in [6.07, 6.45) is 0. The molecule has 2 N–H and O–H groups in total. The van der Waals surface area contributed by atoms with Gasteiger partial charge >= 0.3 is 0 Å². The smallest absolute Gasteiger partial charge is 0.270 e. The first-order chi connectivity index (χ1) is 7.58. The highest BCUT2D eigenvalue weighted by molar-refractivity contribution is 9.10. The van der Waals surface area contributed by atoms with Crippen LogP contribution in [0.2, 0.25) is 0 Å². The largest absolute Gasteiger partial charge is 0.374 e. The molecule has 0 aliphatic rings. The van der Waals surface area contributed by atoms with Gasteiger partial charge in [-0.2, -0.15) is 0 Å². The molecule has 0 fully saturated rings. The third kappa shape index (κ3) is 2.02. The van der Waals surface area contributed by atoms with Crippen LogP contribution >= 0.6 is 27.3 Å². The van der Waals surface area contributed by atoms with Crippen LogP contribution in [0.3, 0.4) is 0 Å². The quantitative estimate of drug-likeness (QED) is 0.679. The number of aromatic nitrogens is 2. The van der Waals surface area contributed by atoms with Crippen molar-refractivity contribution in [1.29, 1.82) is 0 Å². The van der Waals surface area contributed by atoms with Crippen LogP contribution in [0.5, 0.6) is 0 Å². The second-order valence-corrected chi connectivity index (χ2v) is 4.73. The zero-order valence-electron chi connectivity index (χ0n) is 7.75. The standard InChI is InChI=1S/C8H5BrN4O2S/c9-6-3-4(13(14)15)1-2-5(6)7-11-12-8(10)16-7/h1-3H,(H2,10,12). The molecule has 82 valence electrons. The molecule has 0 radical (unpaired) electrons. The molecule has 1 aromatic carbocycles. The van der Waals surface area contributed by atoms with E-state index in [2.05, 4.69) is 26.1 Å². The zero-order valence-corrected chi connectivity index (χ0v) is 10.2. The van der Waals surface area contributed by atoms with Gasteiger partial charge in [0.2, 0.25) is 5.13 Å². The molecule has 16 heavy (non-hydrogen) atoms. The number of rotatable bonds is 2. The highest BCUT2D eigenvalue weighted by Crippen LogP contribution is 2.33. The van der Waals surface area contributed by atoms with Gasteiger partial charge in [-0.3, -0.25) is 10.1 Å². The van der Waals surface area contributed by atoms with Gasteiger partial charge in [-0.05, 0) is 22.0 Å². The summed E-state index contributed by atoms with van der Waals surface area (Å²) in [7, 11) is 0. The van der Waals surface area contributed by atoms with Crippen LogP contribution in [0.15, 0.2) is 22.7 Å². The van der Waals surface area contributed by atoms with Crippen molar-refractivity contribution in [3.63, 3.8) is 0 Å². The van der Waals surface area contributed by atoms with Crippen LogP contribution in [0.4, 0.5) is 10.8 Å². The number of nitro groups is 1. The van der Waals surface area contributed by atoms with E-state index in [1.807, 2.05) is 0 Å². The summed E-state index contributed by atoms with van der Waals surface area (Å²) < 4.78 is 0.595. The van der Waals surface area contributed by atoms with Crippen LogP contribution in [-0.4, -0.2) is 15.1 Å². The van der Waals surface area contributed by atoms with E-state index < -0.39 is 4.92 Å². The highest BCUT2D eigenvalue weighted by atomic mass is 79.9. The Morgan fingerprint density at radius 2 is 2.19 bits per heavy atom. The molecule has 8 heteroatoms. The minimum Gasteiger partial charge on any atom is -0.374 e. The summed E-state index contributed by atoms with van der Waals surface area (Å²) in [5.74, 6) is 0. The maximum absolute atomic E-state index is 10.5. The molecular weight excluding hydrogens is 296 g/mol. The highest BCUT2D eigenvalue weighted by Gasteiger charge is 2.13. The predicted octanol–water partition coefficient (Wildman–Crippen LogP) is 2.46. The lowest BCUT2D eigenvalue weighted by atomic mass is 10.2. The number of hydrogen-bond donors (Lipinski definition) is 1. The number of nitrogen functional groups attached to an aromatic ring is 1. The second-order valence-electron chi connectivity index (χ2n) is 2.87. The van der Waals surface area contributed by atoms with Crippen molar-refractivity contribution in [3.05, 3.63) is 32.8 Å². The van der Waals surface area contributed by atoms with E-state index in [9.17, 15) is 10.1 Å². The summed E-state index contributed by atoms with van der Waals surface area (Å²) in [4.78, 5) is 10.1. The maximum Gasteiger partial charge on any atom is 0.270 e. The van der Waals surface area contributed by atoms with Crippen LogP contribution in [0.1, 0.15) is 0 Å². The monoisotopic (exact) mass is 300 g/mol. The number of nitrogens with zero attached hydrogens (tertiary/aromatic N) is 3.